The smallest absolute Gasteiger partial charge is 0.344 e. The summed E-state index contributed by atoms with van der Waals surface area (Å²) in [5.41, 5.74) is 21.8. The Bertz CT molecular complexity index is 4400. The van der Waals surface area contributed by atoms with E-state index in [9.17, 15) is 14.4 Å². The molecule has 9 nitrogen and oxygen atoms in total. The van der Waals surface area contributed by atoms with Gasteiger partial charge in [0, 0.05) is 89.2 Å². The summed E-state index contributed by atoms with van der Waals surface area (Å²) in [7, 11) is 0. The van der Waals surface area contributed by atoms with Crippen LogP contribution in [0.4, 0.5) is 17.1 Å². The summed E-state index contributed by atoms with van der Waals surface area (Å²) in [6.45, 7) is 33.8. The Morgan fingerprint density at radius 3 is 0.744 bits per heavy atom. The van der Waals surface area contributed by atoms with Crippen LogP contribution in [0.2, 0.25) is 0 Å². The lowest BCUT2D eigenvalue weighted by Crippen LogP contribution is -2.44. The standard InChI is InChI=1S/C81H81N3O6/c1-76(2)25-31-82-34-28-79(7,8)64-67(82)61(76)43-55-40-58(73(85)88-70(55)64)49-19-13-46(14-20-49)52-37-53(47-15-21-50(22-16-47)59-41-56-44-62-68-65(71(56)89-74(59)86)80(9,10)29-35-83(68)32-26-77(62,3)4)39-54(38-52)48-17-23-51(24-18-48)60-42-57-45-63-69-66(72(57)90-75(60)87)81(11,12)30-36-84(69)33-27-78(63,5)6/h13-24,37-45H,25-36H2,1-12H3. The monoisotopic (exact) mass is 1190 g/mol. The maximum absolute atomic E-state index is 14.3. The zero-order valence-corrected chi connectivity index (χ0v) is 54.4. The van der Waals surface area contributed by atoms with Gasteiger partial charge in [0.25, 0.3) is 0 Å². The molecular weight excluding hydrogens is 1110 g/mol. The minimum absolute atomic E-state index is 0.0129. The van der Waals surface area contributed by atoms with Gasteiger partial charge in [-0.2, -0.15) is 0 Å². The molecule has 16 rings (SSSR count). The van der Waals surface area contributed by atoms with Crippen LogP contribution >= 0.6 is 0 Å². The summed E-state index contributed by atoms with van der Waals surface area (Å²) >= 11 is 0. The third kappa shape index (κ3) is 8.70. The molecule has 0 aliphatic carbocycles. The van der Waals surface area contributed by atoms with Crippen LogP contribution in [0.3, 0.4) is 0 Å². The number of hydrogen-bond donors (Lipinski definition) is 0. The van der Waals surface area contributed by atoms with Gasteiger partial charge in [-0.1, -0.05) is 156 Å². The Morgan fingerprint density at radius 2 is 0.500 bits per heavy atom. The van der Waals surface area contributed by atoms with Gasteiger partial charge in [-0.25, -0.2) is 14.4 Å². The van der Waals surface area contributed by atoms with Crippen LogP contribution in [0, 0.1) is 0 Å². The Morgan fingerprint density at radius 1 is 0.278 bits per heavy atom. The lowest BCUT2D eigenvalue weighted by molar-refractivity contribution is 0.398. The van der Waals surface area contributed by atoms with Crippen LogP contribution in [0.15, 0.2) is 155 Å². The molecule has 9 heteroatoms. The van der Waals surface area contributed by atoms with E-state index >= 15 is 0 Å². The first-order valence-electron chi connectivity index (χ1n) is 32.9. The largest absolute Gasteiger partial charge is 0.422 e. The molecule has 6 aliphatic heterocycles. The summed E-state index contributed by atoms with van der Waals surface area (Å²) in [5.74, 6) is 0. The van der Waals surface area contributed by atoms with Crippen molar-refractivity contribution in [2.24, 2.45) is 0 Å². The molecule has 0 saturated heterocycles. The van der Waals surface area contributed by atoms with Gasteiger partial charge in [-0.3, -0.25) is 0 Å². The normalized spacial score (nSPS) is 19.4. The summed E-state index contributed by atoms with van der Waals surface area (Å²) in [6, 6.07) is 44.5. The van der Waals surface area contributed by atoms with E-state index in [0.29, 0.717) is 33.4 Å². The van der Waals surface area contributed by atoms with Crippen molar-refractivity contribution in [2.75, 3.05) is 54.0 Å². The Kier molecular flexibility index (Phi) is 12.2. The van der Waals surface area contributed by atoms with Crippen LogP contribution in [-0.4, -0.2) is 39.3 Å². The molecular formula is C81H81N3O6. The van der Waals surface area contributed by atoms with Crippen LogP contribution in [0.25, 0.3) is 99.7 Å². The second-order valence-corrected chi connectivity index (χ2v) is 31.3. The van der Waals surface area contributed by atoms with Crippen molar-refractivity contribution in [1.29, 1.82) is 0 Å². The molecule has 0 N–H and O–H groups in total. The lowest BCUT2D eigenvalue weighted by Gasteiger charge is -2.48. The van der Waals surface area contributed by atoms with Crippen molar-refractivity contribution in [1.82, 2.24) is 0 Å². The molecule has 7 aromatic carbocycles. The quantitative estimate of drug-likeness (QED) is 0.151. The van der Waals surface area contributed by atoms with Crippen LogP contribution in [0.1, 0.15) is 155 Å². The third-order valence-corrected chi connectivity index (χ3v) is 22.7. The zero-order valence-electron chi connectivity index (χ0n) is 54.4. The molecule has 0 atom stereocenters. The van der Waals surface area contributed by atoms with E-state index in [1.165, 1.54) is 33.8 Å². The topological polar surface area (TPSA) is 100 Å². The highest BCUT2D eigenvalue weighted by Crippen LogP contribution is 2.56. The average molecular weight is 1190 g/mol. The highest BCUT2D eigenvalue weighted by atomic mass is 16.4. The summed E-state index contributed by atoms with van der Waals surface area (Å²) in [5, 5.41) is 2.89. The van der Waals surface area contributed by atoms with E-state index in [2.05, 4.69) is 189 Å². The second kappa shape index (κ2) is 19.3. The highest BCUT2D eigenvalue weighted by molar-refractivity contribution is 5.96. The molecule has 0 bridgehead atoms. The van der Waals surface area contributed by atoms with Gasteiger partial charge in [0.1, 0.15) is 16.7 Å². The first kappa shape index (κ1) is 56.8. The molecule has 10 aromatic rings. The fraction of sp³-hybridized carbons (Fsp3) is 0.370. The summed E-state index contributed by atoms with van der Waals surface area (Å²) in [4.78, 5) is 50.4. The van der Waals surface area contributed by atoms with Crippen LogP contribution in [-0.2, 0) is 32.5 Å². The minimum Gasteiger partial charge on any atom is -0.422 e. The molecule has 0 radical (unpaired) electrons. The lowest BCUT2D eigenvalue weighted by atomic mass is 9.69. The van der Waals surface area contributed by atoms with E-state index in [1.807, 2.05) is 36.4 Å². The highest BCUT2D eigenvalue weighted by Gasteiger charge is 2.45. The number of hydrogen-bond acceptors (Lipinski definition) is 9. The van der Waals surface area contributed by atoms with Gasteiger partial charge in [0.05, 0.1) is 16.7 Å². The van der Waals surface area contributed by atoms with Crippen molar-refractivity contribution in [3.05, 3.63) is 192 Å². The SMILES string of the molecule is CC1(C)CCN2CCC(C)(C)c3c2c1cc1cc(-c2ccc(-c4cc(-c5ccc(-c6cc7cc8c9c(c7oc6=O)C(C)(C)CCN9CCC8(C)C)cc5)cc(-c5ccc(-c6cc7cc8c9c(c7oc6=O)C(C)(C)CCN9CCC8(C)C)cc5)c4)cc2)c(=O)oc31. The molecule has 90 heavy (non-hydrogen) atoms. The average Bonchev–Trinajstić information content (AvgIpc) is 0.744. The summed E-state index contributed by atoms with van der Waals surface area (Å²) in [6.07, 6.45) is 6.21. The van der Waals surface area contributed by atoms with Crippen molar-refractivity contribution >= 4 is 50.0 Å². The van der Waals surface area contributed by atoms with Crippen molar-refractivity contribution in [3.63, 3.8) is 0 Å². The molecule has 0 saturated carbocycles. The molecule has 0 fully saturated rings. The second-order valence-electron chi connectivity index (χ2n) is 31.3. The van der Waals surface area contributed by atoms with Crippen LogP contribution in [0.5, 0.6) is 0 Å². The van der Waals surface area contributed by atoms with Gasteiger partial charge < -0.3 is 28.0 Å². The number of nitrogens with zero attached hydrogens (tertiary/aromatic N) is 3. The van der Waals surface area contributed by atoms with E-state index in [-0.39, 0.29) is 49.4 Å². The number of fused-ring (bicyclic) bond motifs is 6. The van der Waals surface area contributed by atoms with E-state index in [4.69, 9.17) is 13.3 Å². The molecule has 9 heterocycles. The van der Waals surface area contributed by atoms with Crippen molar-refractivity contribution in [2.45, 2.75) is 154 Å². The molecule has 456 valence electrons. The fourth-order valence-electron chi connectivity index (χ4n) is 16.7. The maximum atomic E-state index is 14.3. The van der Waals surface area contributed by atoms with Gasteiger partial charge in [-0.05, 0) is 192 Å². The van der Waals surface area contributed by atoms with E-state index < -0.39 is 0 Å². The number of benzene rings is 7. The van der Waals surface area contributed by atoms with E-state index in [1.54, 1.807) is 0 Å². The predicted octanol–water partition coefficient (Wildman–Crippen LogP) is 18.5. The molecule has 0 amide bonds. The first-order valence-corrected chi connectivity index (χ1v) is 32.9. The molecule has 3 aromatic heterocycles. The third-order valence-electron chi connectivity index (χ3n) is 22.7. The fourth-order valence-corrected chi connectivity index (χ4v) is 16.7. The van der Waals surface area contributed by atoms with Gasteiger partial charge in [-0.15, -0.1) is 0 Å². The Hall–Kier alpha value is -8.43. The molecule has 6 aliphatic rings. The zero-order chi connectivity index (χ0) is 62.5. The maximum Gasteiger partial charge on any atom is 0.344 e. The molecule has 0 spiro atoms. The van der Waals surface area contributed by atoms with E-state index in [0.717, 1.165) is 161 Å². The Balaban J connectivity index is 0.789. The van der Waals surface area contributed by atoms with Gasteiger partial charge >= 0.3 is 16.9 Å². The summed E-state index contributed by atoms with van der Waals surface area (Å²) < 4.78 is 19.4. The first-order chi connectivity index (χ1) is 42.7. The Labute approximate surface area is 527 Å². The number of rotatable bonds is 6. The van der Waals surface area contributed by atoms with Gasteiger partial charge in [0.15, 0.2) is 0 Å². The molecule has 0 unspecified atom stereocenters. The predicted molar refractivity (Wildman–Crippen MR) is 370 cm³/mol. The minimum atomic E-state index is -0.339. The van der Waals surface area contributed by atoms with Crippen molar-refractivity contribution in [3.8, 4) is 66.8 Å². The van der Waals surface area contributed by atoms with Crippen molar-refractivity contribution < 1.29 is 13.3 Å². The van der Waals surface area contributed by atoms with Gasteiger partial charge in [0.2, 0.25) is 0 Å². The van der Waals surface area contributed by atoms with Crippen LogP contribution < -0.4 is 31.6 Å². The number of anilines is 3.